The van der Waals surface area contributed by atoms with E-state index in [2.05, 4.69) is 29.8 Å². The largest absolute Gasteiger partial charge is 0.487 e. The standard InChI is InChI=1S/C55H62N4O10/c1-3-26-67-55-50(59(54(62)39-19-16-37(32-56)17-20-39)33-38-18-22-48-49(28-38)66-35-65-48)31-46(58-69-51-15-6-9-27-63-51)44-29-40(12-4-7-24-60)43(14-5-8-25-61)52(53(44)55)45-30-42(21-23-47(45)68-55)64-34-41-13-10-11-36(2)57-41/h3,10-11,13,16-23,28-30,40,43,50-53,60-61H,1,4-9,12,14-15,24-27,31,33-35H2,2H3. The fourth-order valence-electron chi connectivity index (χ4n) is 10.9. The molecule has 2 fully saturated rings. The number of hydrogen-bond donors (Lipinski definition) is 2. The normalized spacial score (nSPS) is 24.8. The average molecular weight is 939 g/mol. The Balaban J connectivity index is 1.25. The number of rotatable bonds is 20. The first-order valence-corrected chi connectivity index (χ1v) is 24.4. The fourth-order valence-corrected chi connectivity index (χ4v) is 10.9. The maximum Gasteiger partial charge on any atom is 0.254 e. The topological polar surface area (TPSA) is 174 Å². The van der Waals surface area contributed by atoms with Crippen molar-refractivity contribution in [2.75, 3.05) is 33.2 Å². The maximum atomic E-state index is 15.6. The molecule has 1 saturated carbocycles. The summed E-state index contributed by atoms with van der Waals surface area (Å²) in [4.78, 5) is 28.4. The number of nitriles is 1. The van der Waals surface area contributed by atoms with Gasteiger partial charge in [-0.15, -0.1) is 6.58 Å². The fraction of sp³-hybridized carbons (Fsp3) is 0.455. The van der Waals surface area contributed by atoms with Crippen molar-refractivity contribution in [3.63, 3.8) is 0 Å². The minimum atomic E-state index is -1.52. The minimum Gasteiger partial charge on any atom is -0.487 e. The molecule has 362 valence electrons. The number of benzene rings is 3. The zero-order chi connectivity index (χ0) is 47.7. The number of ether oxygens (including phenoxy) is 6. The third-order valence-electron chi connectivity index (χ3n) is 14.1. The highest BCUT2D eigenvalue weighted by molar-refractivity contribution is 6.03. The molecule has 14 nitrogen and oxygen atoms in total. The molecule has 4 heterocycles. The van der Waals surface area contributed by atoms with Crippen LogP contribution in [-0.4, -0.2) is 83.1 Å². The van der Waals surface area contributed by atoms with Crippen LogP contribution in [0, 0.1) is 36.0 Å². The number of hydrogen-bond acceptors (Lipinski definition) is 13. The number of carbonyl (C=O) groups is 1. The third kappa shape index (κ3) is 10.4. The number of unbranched alkanes of at least 4 members (excludes halogenated alkanes) is 2. The van der Waals surface area contributed by atoms with E-state index >= 15 is 4.79 Å². The number of aromatic nitrogens is 1. The molecular weight excluding hydrogens is 877 g/mol. The van der Waals surface area contributed by atoms with Crippen molar-refractivity contribution >= 4 is 11.6 Å². The van der Waals surface area contributed by atoms with E-state index in [0.717, 1.165) is 66.6 Å². The highest BCUT2D eigenvalue weighted by Crippen LogP contribution is 2.62. The summed E-state index contributed by atoms with van der Waals surface area (Å²) in [5.41, 5.74) is 5.83. The Morgan fingerprint density at radius 3 is 2.57 bits per heavy atom. The van der Waals surface area contributed by atoms with Crippen LogP contribution in [0.2, 0.25) is 0 Å². The second-order valence-corrected chi connectivity index (χ2v) is 18.5. The van der Waals surface area contributed by atoms with Crippen LogP contribution in [0.25, 0.3) is 0 Å². The Morgan fingerprint density at radius 1 is 0.986 bits per heavy atom. The summed E-state index contributed by atoms with van der Waals surface area (Å²) in [7, 11) is 0. The van der Waals surface area contributed by atoms with Crippen molar-refractivity contribution in [2.24, 2.45) is 22.9 Å². The molecule has 1 amide bonds. The number of aryl methyl sites for hydroxylation is 1. The molecular formula is C55H62N4O10. The van der Waals surface area contributed by atoms with Gasteiger partial charge in [0.2, 0.25) is 18.9 Å². The van der Waals surface area contributed by atoms with Gasteiger partial charge in [0.25, 0.3) is 5.91 Å². The number of oxime groups is 1. The van der Waals surface area contributed by atoms with Crippen molar-refractivity contribution in [1.82, 2.24) is 9.88 Å². The van der Waals surface area contributed by atoms with Crippen LogP contribution in [0.5, 0.6) is 23.0 Å². The molecule has 7 atom stereocenters. The van der Waals surface area contributed by atoms with Crippen molar-refractivity contribution < 1.29 is 48.3 Å². The Hall–Kier alpha value is -6.24. The molecule has 0 spiro atoms. The highest BCUT2D eigenvalue weighted by atomic mass is 16.8. The lowest BCUT2D eigenvalue weighted by Gasteiger charge is -2.60. The number of aliphatic hydroxyl groups is 2. The maximum absolute atomic E-state index is 15.6. The molecule has 2 aliphatic carbocycles. The Labute approximate surface area is 404 Å². The van der Waals surface area contributed by atoms with E-state index in [1.165, 1.54) is 0 Å². The van der Waals surface area contributed by atoms with Gasteiger partial charge in [0, 0.05) is 55.3 Å². The van der Waals surface area contributed by atoms with Gasteiger partial charge in [-0.1, -0.05) is 42.3 Å². The van der Waals surface area contributed by atoms with Crippen LogP contribution in [0.15, 0.2) is 108 Å². The van der Waals surface area contributed by atoms with Crippen LogP contribution < -0.4 is 18.9 Å². The van der Waals surface area contributed by atoms with E-state index in [-0.39, 0.29) is 69.8 Å². The lowest BCUT2D eigenvalue weighted by molar-refractivity contribution is -0.255. The number of aliphatic hydroxyl groups excluding tert-OH is 2. The Bertz CT molecular complexity index is 2550. The number of nitrogens with zero attached hydrogens (tertiary/aromatic N) is 4. The van der Waals surface area contributed by atoms with E-state index in [0.29, 0.717) is 65.7 Å². The lowest BCUT2D eigenvalue weighted by Crippen LogP contribution is -2.70. The summed E-state index contributed by atoms with van der Waals surface area (Å²) in [6.07, 6.45) is 10.7. The predicted octanol–water partition coefficient (Wildman–Crippen LogP) is 9.07. The first-order valence-electron chi connectivity index (χ1n) is 24.4. The van der Waals surface area contributed by atoms with Gasteiger partial charge in [0.15, 0.2) is 11.5 Å². The zero-order valence-electron chi connectivity index (χ0n) is 39.3. The second-order valence-electron chi connectivity index (χ2n) is 18.5. The number of fused-ring (bicyclic) bond motifs is 3. The Morgan fingerprint density at radius 2 is 1.80 bits per heavy atom. The molecule has 0 radical (unpaired) electrons. The van der Waals surface area contributed by atoms with E-state index in [1.54, 1.807) is 30.3 Å². The van der Waals surface area contributed by atoms with E-state index < -0.39 is 24.0 Å². The molecule has 0 bridgehead atoms. The predicted molar refractivity (Wildman–Crippen MR) is 257 cm³/mol. The first kappa shape index (κ1) is 47.8. The van der Waals surface area contributed by atoms with Crippen molar-refractivity contribution in [3.8, 4) is 29.1 Å². The molecule has 2 N–H and O–H groups in total. The number of pyridine rings is 1. The van der Waals surface area contributed by atoms with Crippen LogP contribution >= 0.6 is 0 Å². The molecule has 5 aliphatic rings. The van der Waals surface area contributed by atoms with E-state index in [1.807, 2.05) is 60.4 Å². The summed E-state index contributed by atoms with van der Waals surface area (Å²) in [5.74, 6) is -0.135. The van der Waals surface area contributed by atoms with Gasteiger partial charge in [-0.3, -0.25) is 9.78 Å². The molecule has 3 aliphatic heterocycles. The quantitative estimate of drug-likeness (QED) is 0.0490. The first-order chi connectivity index (χ1) is 33.8. The van der Waals surface area contributed by atoms with Crippen LogP contribution in [0.1, 0.15) is 109 Å². The molecule has 3 aromatic carbocycles. The molecule has 1 aromatic heterocycles. The molecule has 7 unspecified atom stereocenters. The second kappa shape index (κ2) is 22.0. The molecule has 1 saturated heterocycles. The average Bonchev–Trinajstić information content (AvgIpc) is 3.85. The van der Waals surface area contributed by atoms with E-state index in [4.69, 9.17) is 38.4 Å². The lowest BCUT2D eigenvalue weighted by atomic mass is 9.55. The monoisotopic (exact) mass is 938 g/mol. The third-order valence-corrected chi connectivity index (χ3v) is 14.1. The van der Waals surface area contributed by atoms with Gasteiger partial charge < -0.3 is 48.4 Å². The number of allylic oxidation sites excluding steroid dienone is 1. The van der Waals surface area contributed by atoms with Crippen molar-refractivity contribution in [2.45, 2.75) is 108 Å². The van der Waals surface area contributed by atoms with Gasteiger partial charge in [-0.2, -0.15) is 5.26 Å². The summed E-state index contributed by atoms with van der Waals surface area (Å²) in [6, 6.07) is 25.5. The SMILES string of the molecule is C=CCOC12Oc3ccc(OCc4cccc(C)n4)cc3C3C(CCCCO)C(CCCCO)C=C(C(=NOC4CCCCO4)CC1N(Cc1ccc4c(c1)OCO4)C(=O)c1ccc(C#N)cc1)C32. The van der Waals surface area contributed by atoms with Gasteiger partial charge >= 0.3 is 0 Å². The van der Waals surface area contributed by atoms with Crippen molar-refractivity contribution in [3.05, 3.63) is 137 Å². The van der Waals surface area contributed by atoms with E-state index in [9.17, 15) is 15.5 Å². The van der Waals surface area contributed by atoms with Crippen LogP contribution in [0.4, 0.5) is 0 Å². The highest BCUT2D eigenvalue weighted by Gasteiger charge is 2.65. The summed E-state index contributed by atoms with van der Waals surface area (Å²) < 4.78 is 38.8. The van der Waals surface area contributed by atoms with Crippen LogP contribution in [-0.2, 0) is 27.5 Å². The number of amides is 1. The van der Waals surface area contributed by atoms with Crippen molar-refractivity contribution in [1.29, 1.82) is 5.26 Å². The summed E-state index contributed by atoms with van der Waals surface area (Å²) in [6.45, 7) is 7.37. The smallest absolute Gasteiger partial charge is 0.254 e. The van der Waals surface area contributed by atoms with Gasteiger partial charge in [-0.25, -0.2) is 0 Å². The summed E-state index contributed by atoms with van der Waals surface area (Å²) >= 11 is 0. The minimum absolute atomic E-state index is 0.00571. The Kier molecular flexibility index (Phi) is 15.3. The number of carbonyl (C=O) groups excluding carboxylic acids is 1. The van der Waals surface area contributed by atoms with Gasteiger partial charge in [0.1, 0.15) is 24.1 Å². The molecule has 9 rings (SSSR count). The van der Waals surface area contributed by atoms with Gasteiger partial charge in [0.05, 0.1) is 42.2 Å². The zero-order valence-corrected chi connectivity index (χ0v) is 39.3. The van der Waals surface area contributed by atoms with Crippen LogP contribution in [0.3, 0.4) is 0 Å². The summed E-state index contributed by atoms with van der Waals surface area (Å²) in [5, 5.41) is 34.9. The molecule has 69 heavy (non-hydrogen) atoms. The molecule has 14 heteroatoms. The van der Waals surface area contributed by atoms with Gasteiger partial charge in [-0.05, 0) is 135 Å². The molecule has 4 aromatic rings.